The van der Waals surface area contributed by atoms with Crippen molar-refractivity contribution in [3.63, 3.8) is 0 Å². The highest BCUT2D eigenvalue weighted by Crippen LogP contribution is 2.61. The van der Waals surface area contributed by atoms with E-state index in [1.165, 1.54) is 124 Å². The third-order valence-electron chi connectivity index (χ3n) is 23.1. The molecular weight excluding hydrogens is 1050 g/mol. The molecule has 0 spiro atoms. The molecule has 8 aromatic carbocycles. The van der Waals surface area contributed by atoms with E-state index in [4.69, 9.17) is 0 Å². The molecule has 0 unspecified atom stereocenters. The highest BCUT2D eigenvalue weighted by Gasteiger charge is 2.51. The maximum absolute atomic E-state index is 2.82. The quantitative estimate of drug-likeness (QED) is 0.159. The maximum atomic E-state index is 2.82. The van der Waals surface area contributed by atoms with Crippen LogP contribution >= 0.6 is 0 Å². The Morgan fingerprint density at radius 1 is 0.368 bits per heavy atom. The van der Waals surface area contributed by atoms with Gasteiger partial charge in [0.05, 0.1) is 11.4 Å². The minimum Gasteiger partial charge on any atom is -0.311 e. The number of fused-ring (bicyclic) bond motifs is 10. The molecule has 8 aromatic rings. The highest BCUT2D eigenvalue weighted by atomic mass is 15.2. The molecule has 0 saturated carbocycles. The van der Waals surface area contributed by atoms with E-state index in [1.54, 1.807) is 0 Å². The monoisotopic (exact) mass is 1150 g/mol. The Labute approximate surface area is 524 Å². The Kier molecular flexibility index (Phi) is 12.4. The van der Waals surface area contributed by atoms with Gasteiger partial charge in [-0.1, -0.05) is 217 Å². The van der Waals surface area contributed by atoms with Gasteiger partial charge in [-0.15, -0.1) is 0 Å². The lowest BCUT2D eigenvalue weighted by Gasteiger charge is -2.49. The van der Waals surface area contributed by atoms with Gasteiger partial charge >= 0.3 is 0 Å². The first kappa shape index (κ1) is 57.9. The topological polar surface area (TPSA) is 9.72 Å². The molecule has 0 saturated heterocycles. The van der Waals surface area contributed by atoms with Gasteiger partial charge in [0.25, 0.3) is 6.71 Å². The Balaban J connectivity index is 1.19. The van der Waals surface area contributed by atoms with Gasteiger partial charge in [0.15, 0.2) is 0 Å². The normalized spacial score (nSPS) is 19.8. The van der Waals surface area contributed by atoms with Crippen molar-refractivity contribution in [3.8, 4) is 11.1 Å². The SMILES string of the molecule is CC(C)(C)c1ccc2c(c1)C(C)(C)c1c(C(C)(C)C)ccc(N3c4cc5c(cc4B4c6cc7c(cc6N(c6ccc8c(c6)C(C)(C)CCC8(C)C)c6cc(N(c8ccccc8)c8ccccc8)cc3c64)C(C)(C)CCC7(C)C)C(C)(C)CCC5(C)C)c1-2. The largest absolute Gasteiger partial charge is 0.311 e. The van der Waals surface area contributed by atoms with Crippen molar-refractivity contribution in [2.24, 2.45) is 0 Å². The average Bonchev–Trinajstić information content (AvgIpc) is 1.53. The molecule has 6 aliphatic rings. The zero-order valence-corrected chi connectivity index (χ0v) is 56.5. The molecule has 446 valence electrons. The molecule has 2 heterocycles. The van der Waals surface area contributed by atoms with Crippen molar-refractivity contribution >= 4 is 74.3 Å². The zero-order valence-electron chi connectivity index (χ0n) is 56.5. The third kappa shape index (κ3) is 8.69. The third-order valence-corrected chi connectivity index (χ3v) is 23.1. The predicted octanol–water partition coefficient (Wildman–Crippen LogP) is 21.2. The van der Waals surface area contributed by atoms with Crippen molar-refractivity contribution in [2.45, 2.75) is 226 Å². The molecule has 0 amide bonds. The molecule has 4 heteroatoms. The van der Waals surface area contributed by atoms with E-state index in [0.717, 1.165) is 49.2 Å². The van der Waals surface area contributed by atoms with E-state index < -0.39 is 0 Å². The number of para-hydroxylation sites is 2. The summed E-state index contributed by atoms with van der Waals surface area (Å²) < 4.78 is 0. The number of hydrogen-bond acceptors (Lipinski definition) is 3. The lowest BCUT2D eigenvalue weighted by molar-refractivity contribution is 0.332. The summed E-state index contributed by atoms with van der Waals surface area (Å²) in [7, 11) is 0. The molecular formula is C83H96BN3. The second kappa shape index (κ2) is 18.7. The van der Waals surface area contributed by atoms with Gasteiger partial charge in [0, 0.05) is 50.8 Å². The number of hydrogen-bond donors (Lipinski definition) is 0. The summed E-state index contributed by atoms with van der Waals surface area (Å²) in [6, 6.07) is 58.8. The molecule has 0 fully saturated rings. The Morgan fingerprint density at radius 3 is 1.30 bits per heavy atom. The minimum atomic E-state index is -0.267. The second-order valence-electron chi connectivity index (χ2n) is 34.2. The van der Waals surface area contributed by atoms with E-state index in [9.17, 15) is 0 Å². The summed E-state index contributed by atoms with van der Waals surface area (Å²) in [5.41, 5.74) is 32.3. The first-order chi connectivity index (χ1) is 40.6. The first-order valence-electron chi connectivity index (χ1n) is 33.2. The summed E-state index contributed by atoms with van der Waals surface area (Å²) in [6.07, 6.45) is 6.92. The smallest absolute Gasteiger partial charge is 0.252 e. The summed E-state index contributed by atoms with van der Waals surface area (Å²) in [5.74, 6) is 0. The molecule has 0 bridgehead atoms. The van der Waals surface area contributed by atoms with Crippen LogP contribution in [0.5, 0.6) is 0 Å². The van der Waals surface area contributed by atoms with Crippen LogP contribution in [0.2, 0.25) is 0 Å². The molecule has 14 rings (SSSR count). The molecule has 2 aliphatic heterocycles. The van der Waals surface area contributed by atoms with Crippen molar-refractivity contribution in [1.29, 1.82) is 0 Å². The predicted molar refractivity (Wildman–Crippen MR) is 376 cm³/mol. The summed E-state index contributed by atoms with van der Waals surface area (Å²) in [6.45, 7) is 49.5. The lowest BCUT2D eigenvalue weighted by Crippen LogP contribution is -2.62. The van der Waals surface area contributed by atoms with E-state index in [0.29, 0.717) is 0 Å². The molecule has 3 nitrogen and oxygen atoms in total. The number of benzene rings is 8. The van der Waals surface area contributed by atoms with E-state index in [2.05, 4.69) is 299 Å². The van der Waals surface area contributed by atoms with Gasteiger partial charge < -0.3 is 14.7 Å². The Hall–Kier alpha value is -6.78. The van der Waals surface area contributed by atoms with Gasteiger partial charge in [-0.2, -0.15) is 0 Å². The first-order valence-corrected chi connectivity index (χ1v) is 33.2. The number of rotatable bonds is 5. The van der Waals surface area contributed by atoms with E-state index in [-0.39, 0.29) is 55.4 Å². The van der Waals surface area contributed by atoms with Gasteiger partial charge in [-0.05, 0) is 226 Å². The molecule has 0 radical (unpaired) electrons. The van der Waals surface area contributed by atoms with Gasteiger partial charge in [-0.25, -0.2) is 0 Å². The van der Waals surface area contributed by atoms with Gasteiger partial charge in [0.2, 0.25) is 0 Å². The number of anilines is 9. The van der Waals surface area contributed by atoms with Crippen molar-refractivity contribution in [1.82, 2.24) is 0 Å². The molecule has 0 atom stereocenters. The van der Waals surface area contributed by atoms with Gasteiger partial charge in [-0.3, -0.25) is 0 Å². The molecule has 87 heavy (non-hydrogen) atoms. The van der Waals surface area contributed by atoms with Crippen LogP contribution < -0.4 is 31.1 Å². The average molecular weight is 1150 g/mol. The fourth-order valence-electron chi connectivity index (χ4n) is 17.3. The van der Waals surface area contributed by atoms with E-state index >= 15 is 0 Å². The second-order valence-corrected chi connectivity index (χ2v) is 34.2. The van der Waals surface area contributed by atoms with Crippen LogP contribution in [0.1, 0.15) is 233 Å². The maximum Gasteiger partial charge on any atom is 0.252 e. The van der Waals surface area contributed by atoms with Crippen LogP contribution in [0, 0.1) is 0 Å². The lowest BCUT2D eigenvalue weighted by atomic mass is 9.32. The molecule has 4 aliphatic carbocycles. The minimum absolute atomic E-state index is 0.00121. The fraction of sp³-hybridized carbons (Fsp3) is 0.422. The van der Waals surface area contributed by atoms with Crippen LogP contribution in [-0.2, 0) is 48.7 Å². The van der Waals surface area contributed by atoms with Gasteiger partial charge in [0.1, 0.15) is 0 Å². The fourth-order valence-corrected chi connectivity index (χ4v) is 17.3. The van der Waals surface area contributed by atoms with Crippen molar-refractivity contribution in [3.05, 3.63) is 201 Å². The number of nitrogens with zero attached hydrogens (tertiary/aromatic N) is 3. The van der Waals surface area contributed by atoms with Crippen LogP contribution in [-0.4, -0.2) is 6.71 Å². The summed E-state index contributed by atoms with van der Waals surface area (Å²) >= 11 is 0. The van der Waals surface area contributed by atoms with Crippen LogP contribution in [0.3, 0.4) is 0 Å². The Bertz CT molecular complexity index is 4130. The molecule has 0 N–H and O–H groups in total. The van der Waals surface area contributed by atoms with Crippen molar-refractivity contribution < 1.29 is 0 Å². The zero-order chi connectivity index (χ0) is 61.9. The van der Waals surface area contributed by atoms with Crippen molar-refractivity contribution in [2.75, 3.05) is 14.7 Å². The van der Waals surface area contributed by atoms with Crippen LogP contribution in [0.15, 0.2) is 146 Å². The highest BCUT2D eigenvalue weighted by molar-refractivity contribution is 7.00. The van der Waals surface area contributed by atoms with E-state index in [1.807, 2.05) is 0 Å². The standard InChI is InChI=1S/C83H96BN3/c1-75(2,3)51-31-33-56-59(43-51)83(19,20)73-58(76(4,5)6)35-36-67(72(56)73)87-69-50-64-62(80(13,14)40-42-82(64,17)18)48-66(69)84-65-47-61-63(81(15,16)41-39-79(61,11)12)49-68(65)86(54-32-34-57-60(44-54)78(9,10)38-37-77(57,7)8)70-45-55(46-71(87)74(70)84)85(52-27-23-21-24-28-52)53-29-25-22-26-30-53/h21-36,43-50H,37-42H2,1-20H3. The summed E-state index contributed by atoms with van der Waals surface area (Å²) in [5, 5.41) is 0. The van der Waals surface area contributed by atoms with Crippen LogP contribution in [0.25, 0.3) is 11.1 Å². The molecule has 0 aromatic heterocycles. The summed E-state index contributed by atoms with van der Waals surface area (Å²) in [4.78, 5) is 8.12. The van der Waals surface area contributed by atoms with Crippen LogP contribution in [0.4, 0.5) is 51.2 Å². The Morgan fingerprint density at radius 2 is 0.816 bits per heavy atom.